The van der Waals surface area contributed by atoms with Crippen LogP contribution in [0.5, 0.6) is 0 Å². The molecule has 0 spiro atoms. The monoisotopic (exact) mass is 398 g/mol. The van der Waals surface area contributed by atoms with Crippen LogP contribution in [-0.2, 0) is 19.6 Å². The van der Waals surface area contributed by atoms with Gasteiger partial charge < -0.3 is 19.9 Å². The number of likely N-dealkylation sites (tertiary alicyclic amines) is 1. The Bertz CT molecular complexity index is 785. The molecule has 1 aromatic rings. The van der Waals surface area contributed by atoms with Gasteiger partial charge in [0.1, 0.15) is 10.6 Å². The molecule has 9 nitrogen and oxygen atoms in total. The highest BCUT2D eigenvalue weighted by atomic mass is 32.2. The number of hydrogen-bond donors (Lipinski definition) is 2. The quantitative estimate of drug-likeness (QED) is 0.734. The average Bonchev–Trinajstić information content (AvgIpc) is 3.19. The topological polar surface area (TPSA) is 112 Å². The van der Waals surface area contributed by atoms with E-state index < -0.39 is 10.0 Å². The van der Waals surface area contributed by atoms with Gasteiger partial charge in [-0.15, -0.1) is 0 Å². The van der Waals surface area contributed by atoms with Crippen LogP contribution in [0.4, 0.5) is 0 Å². The molecule has 2 amide bonds. The van der Waals surface area contributed by atoms with Crippen LogP contribution < -0.4 is 5.32 Å². The minimum absolute atomic E-state index is 0.0342. The van der Waals surface area contributed by atoms with E-state index in [1.807, 2.05) is 0 Å². The molecule has 1 atom stereocenters. The smallest absolute Gasteiger partial charge is 0.270 e. The van der Waals surface area contributed by atoms with Crippen molar-refractivity contribution in [3.8, 4) is 0 Å². The molecule has 1 aromatic heterocycles. The SMILES string of the molecule is CCC(=O)NC1CCCN(C(=O)c2cc(S(=O)(=O)N3CCOCC3)c[nH]2)C1. The van der Waals surface area contributed by atoms with Crippen molar-refractivity contribution in [2.24, 2.45) is 0 Å². The highest BCUT2D eigenvalue weighted by Gasteiger charge is 2.30. The summed E-state index contributed by atoms with van der Waals surface area (Å²) in [7, 11) is -3.64. The molecule has 0 bridgehead atoms. The predicted octanol–water partition coefficient (Wildman–Crippen LogP) is 0.166. The lowest BCUT2D eigenvalue weighted by Crippen LogP contribution is -2.49. The summed E-state index contributed by atoms with van der Waals surface area (Å²) in [6, 6.07) is 1.32. The van der Waals surface area contributed by atoms with Crippen molar-refractivity contribution in [2.45, 2.75) is 37.1 Å². The molecule has 2 N–H and O–H groups in total. The summed E-state index contributed by atoms with van der Waals surface area (Å²) in [4.78, 5) is 28.9. The summed E-state index contributed by atoms with van der Waals surface area (Å²) < 4.78 is 31.9. The molecule has 2 aliphatic rings. The van der Waals surface area contributed by atoms with E-state index in [9.17, 15) is 18.0 Å². The number of nitrogens with zero attached hydrogens (tertiary/aromatic N) is 2. The second-order valence-corrected chi connectivity index (χ2v) is 8.71. The number of nitrogens with one attached hydrogen (secondary N) is 2. The van der Waals surface area contributed by atoms with Crippen LogP contribution in [0, 0.1) is 0 Å². The number of H-pyrrole nitrogens is 1. The molecule has 10 heteroatoms. The van der Waals surface area contributed by atoms with Crippen LogP contribution in [0.15, 0.2) is 17.2 Å². The van der Waals surface area contributed by atoms with E-state index >= 15 is 0 Å². The summed E-state index contributed by atoms with van der Waals surface area (Å²) in [6.45, 7) is 4.15. The van der Waals surface area contributed by atoms with Crippen molar-refractivity contribution in [3.05, 3.63) is 18.0 Å². The predicted molar refractivity (Wildman–Crippen MR) is 97.7 cm³/mol. The van der Waals surface area contributed by atoms with Gasteiger partial charge in [0.05, 0.1) is 13.2 Å². The van der Waals surface area contributed by atoms with Gasteiger partial charge in [-0.05, 0) is 18.9 Å². The molecular formula is C17H26N4O5S. The van der Waals surface area contributed by atoms with E-state index in [1.165, 1.54) is 16.6 Å². The Morgan fingerprint density at radius 2 is 2.04 bits per heavy atom. The minimum Gasteiger partial charge on any atom is -0.379 e. The van der Waals surface area contributed by atoms with Crippen molar-refractivity contribution < 1.29 is 22.7 Å². The number of morpholine rings is 1. The maximum Gasteiger partial charge on any atom is 0.270 e. The normalized spacial score (nSPS) is 21.8. The average molecular weight is 398 g/mol. The van der Waals surface area contributed by atoms with Gasteiger partial charge in [-0.1, -0.05) is 6.92 Å². The number of aromatic amines is 1. The molecule has 2 aliphatic heterocycles. The first-order valence-electron chi connectivity index (χ1n) is 9.26. The number of carbonyl (C=O) groups is 2. The lowest BCUT2D eigenvalue weighted by molar-refractivity contribution is -0.121. The lowest BCUT2D eigenvalue weighted by atomic mass is 10.1. The zero-order valence-corrected chi connectivity index (χ0v) is 16.3. The van der Waals surface area contributed by atoms with Crippen LogP contribution in [0.3, 0.4) is 0 Å². The van der Waals surface area contributed by atoms with Crippen LogP contribution in [0.1, 0.15) is 36.7 Å². The zero-order valence-electron chi connectivity index (χ0n) is 15.4. The van der Waals surface area contributed by atoms with Crippen molar-refractivity contribution in [3.63, 3.8) is 0 Å². The van der Waals surface area contributed by atoms with Gasteiger partial charge in [0.2, 0.25) is 15.9 Å². The van der Waals surface area contributed by atoms with E-state index in [4.69, 9.17) is 4.74 Å². The number of piperidine rings is 1. The number of ether oxygens (including phenoxy) is 1. The molecular weight excluding hydrogens is 372 g/mol. The molecule has 3 rings (SSSR count). The first-order valence-corrected chi connectivity index (χ1v) is 10.7. The molecule has 0 radical (unpaired) electrons. The van der Waals surface area contributed by atoms with Crippen molar-refractivity contribution in [1.29, 1.82) is 0 Å². The van der Waals surface area contributed by atoms with Crippen molar-refractivity contribution in [1.82, 2.24) is 19.5 Å². The highest BCUT2D eigenvalue weighted by Crippen LogP contribution is 2.20. The molecule has 150 valence electrons. The van der Waals surface area contributed by atoms with Crippen LogP contribution in [0.2, 0.25) is 0 Å². The third-order valence-electron chi connectivity index (χ3n) is 4.89. The van der Waals surface area contributed by atoms with Crippen LogP contribution in [0.25, 0.3) is 0 Å². The Labute approximate surface area is 159 Å². The van der Waals surface area contributed by atoms with Gasteiger partial charge in [-0.2, -0.15) is 4.31 Å². The van der Waals surface area contributed by atoms with E-state index in [-0.39, 0.29) is 28.4 Å². The molecule has 2 saturated heterocycles. The maximum atomic E-state index is 12.8. The Hall–Kier alpha value is -1.91. The minimum atomic E-state index is -3.64. The van der Waals surface area contributed by atoms with Crippen LogP contribution in [-0.4, -0.2) is 79.9 Å². The molecule has 0 aromatic carbocycles. The van der Waals surface area contributed by atoms with Crippen molar-refractivity contribution >= 4 is 21.8 Å². The molecule has 0 saturated carbocycles. The fourth-order valence-corrected chi connectivity index (χ4v) is 4.76. The molecule has 3 heterocycles. The number of hydrogen-bond acceptors (Lipinski definition) is 5. The summed E-state index contributed by atoms with van der Waals surface area (Å²) >= 11 is 0. The number of aromatic nitrogens is 1. The summed E-state index contributed by atoms with van der Waals surface area (Å²) in [5.74, 6) is -0.290. The fraction of sp³-hybridized carbons (Fsp3) is 0.647. The first-order chi connectivity index (χ1) is 12.9. The summed E-state index contributed by atoms with van der Waals surface area (Å²) in [6.07, 6.45) is 3.39. The fourth-order valence-electron chi connectivity index (χ4n) is 3.36. The Morgan fingerprint density at radius 1 is 1.30 bits per heavy atom. The second-order valence-electron chi connectivity index (χ2n) is 6.78. The number of amides is 2. The van der Waals surface area contributed by atoms with Gasteiger partial charge in [0.25, 0.3) is 5.91 Å². The Balaban J connectivity index is 1.68. The number of rotatable bonds is 5. The van der Waals surface area contributed by atoms with Crippen molar-refractivity contribution in [2.75, 3.05) is 39.4 Å². The largest absolute Gasteiger partial charge is 0.379 e. The number of carbonyl (C=O) groups excluding carboxylic acids is 2. The molecule has 27 heavy (non-hydrogen) atoms. The molecule has 0 aliphatic carbocycles. The standard InChI is InChI=1S/C17H26N4O5S/c1-2-16(22)19-13-4-3-5-20(12-13)17(23)15-10-14(11-18-15)27(24,25)21-6-8-26-9-7-21/h10-11,13,18H,2-9,12H2,1H3,(H,19,22). The van der Waals surface area contributed by atoms with Gasteiger partial charge >= 0.3 is 0 Å². The highest BCUT2D eigenvalue weighted by molar-refractivity contribution is 7.89. The second kappa shape index (κ2) is 8.41. The summed E-state index contributed by atoms with van der Waals surface area (Å²) in [5, 5.41) is 2.92. The Morgan fingerprint density at radius 3 is 2.74 bits per heavy atom. The van der Waals surface area contributed by atoms with Gasteiger partial charge in [-0.25, -0.2) is 8.42 Å². The van der Waals surface area contributed by atoms with Gasteiger partial charge in [0, 0.05) is 44.8 Å². The van der Waals surface area contributed by atoms with E-state index in [0.717, 1.165) is 12.8 Å². The van der Waals surface area contributed by atoms with E-state index in [0.29, 0.717) is 45.8 Å². The van der Waals surface area contributed by atoms with Crippen LogP contribution >= 0.6 is 0 Å². The van der Waals surface area contributed by atoms with E-state index in [2.05, 4.69) is 10.3 Å². The molecule has 2 fully saturated rings. The van der Waals surface area contributed by atoms with Gasteiger partial charge in [-0.3, -0.25) is 9.59 Å². The lowest BCUT2D eigenvalue weighted by Gasteiger charge is -2.33. The Kier molecular flexibility index (Phi) is 6.18. The third kappa shape index (κ3) is 4.50. The number of sulfonamides is 1. The zero-order chi connectivity index (χ0) is 19.4. The summed E-state index contributed by atoms with van der Waals surface area (Å²) in [5.41, 5.74) is 0.240. The van der Waals surface area contributed by atoms with Gasteiger partial charge in [0.15, 0.2) is 0 Å². The third-order valence-corrected chi connectivity index (χ3v) is 6.77. The first kappa shape index (κ1) is 19.8. The maximum absolute atomic E-state index is 12.8. The molecule has 1 unspecified atom stereocenters. The van der Waals surface area contributed by atoms with E-state index in [1.54, 1.807) is 11.8 Å².